The van der Waals surface area contributed by atoms with Crippen molar-refractivity contribution < 1.29 is 19.8 Å². The predicted octanol–water partition coefficient (Wildman–Crippen LogP) is 1.68. The SMILES string of the molecule is C\C=C/C(=C\C=C(/C)C(N)=O)C(=N)CNC(=O)N(CCO)C(=N)c1ccc(O)cc1. The molecular formula is C21H27N5O4. The molecule has 9 nitrogen and oxygen atoms in total. The zero-order chi connectivity index (χ0) is 22.7. The van der Waals surface area contributed by atoms with Crippen molar-refractivity contribution in [3.63, 3.8) is 0 Å². The van der Waals surface area contributed by atoms with E-state index in [2.05, 4.69) is 5.32 Å². The van der Waals surface area contributed by atoms with Crippen LogP contribution in [0.1, 0.15) is 19.4 Å². The second-order valence-corrected chi connectivity index (χ2v) is 6.24. The molecule has 0 unspecified atom stereocenters. The molecule has 0 aliphatic carbocycles. The third-order valence-corrected chi connectivity index (χ3v) is 3.99. The molecule has 0 bridgehead atoms. The van der Waals surface area contributed by atoms with Crippen molar-refractivity contribution >= 4 is 23.5 Å². The van der Waals surface area contributed by atoms with Crippen molar-refractivity contribution in [1.82, 2.24) is 10.2 Å². The van der Waals surface area contributed by atoms with E-state index >= 15 is 0 Å². The molecule has 0 aromatic heterocycles. The van der Waals surface area contributed by atoms with Gasteiger partial charge in [0.2, 0.25) is 5.91 Å². The van der Waals surface area contributed by atoms with Gasteiger partial charge in [-0.1, -0.05) is 24.3 Å². The first kappa shape index (κ1) is 24.3. The van der Waals surface area contributed by atoms with Crippen LogP contribution < -0.4 is 11.1 Å². The maximum atomic E-state index is 12.6. The first-order chi connectivity index (χ1) is 14.2. The van der Waals surface area contributed by atoms with Crippen molar-refractivity contribution in [3.8, 4) is 5.75 Å². The van der Waals surface area contributed by atoms with Crippen molar-refractivity contribution in [2.75, 3.05) is 19.7 Å². The number of allylic oxidation sites excluding steroid dienone is 4. The van der Waals surface area contributed by atoms with Gasteiger partial charge in [-0.15, -0.1) is 0 Å². The Morgan fingerprint density at radius 3 is 2.37 bits per heavy atom. The van der Waals surface area contributed by atoms with Crippen molar-refractivity contribution in [3.05, 3.63) is 65.3 Å². The Morgan fingerprint density at radius 1 is 1.20 bits per heavy atom. The summed E-state index contributed by atoms with van der Waals surface area (Å²) < 4.78 is 0. The third-order valence-electron chi connectivity index (χ3n) is 3.99. The molecule has 0 spiro atoms. The predicted molar refractivity (Wildman–Crippen MR) is 116 cm³/mol. The fraction of sp³-hybridized carbons (Fsp3) is 0.238. The highest BCUT2D eigenvalue weighted by Gasteiger charge is 2.19. The second-order valence-electron chi connectivity index (χ2n) is 6.24. The molecule has 1 aromatic carbocycles. The molecule has 0 fully saturated rings. The van der Waals surface area contributed by atoms with Gasteiger partial charge in [0.1, 0.15) is 11.6 Å². The molecule has 0 atom stereocenters. The smallest absolute Gasteiger partial charge is 0.323 e. The molecule has 1 aromatic rings. The number of urea groups is 1. The fourth-order valence-corrected chi connectivity index (χ4v) is 2.28. The molecule has 30 heavy (non-hydrogen) atoms. The van der Waals surface area contributed by atoms with Gasteiger partial charge in [0, 0.05) is 11.1 Å². The lowest BCUT2D eigenvalue weighted by Crippen LogP contribution is -2.46. The number of rotatable bonds is 9. The summed E-state index contributed by atoms with van der Waals surface area (Å²) in [5.41, 5.74) is 6.45. The van der Waals surface area contributed by atoms with Gasteiger partial charge in [0.25, 0.3) is 0 Å². The van der Waals surface area contributed by atoms with Gasteiger partial charge < -0.3 is 26.7 Å². The lowest BCUT2D eigenvalue weighted by molar-refractivity contribution is -0.114. The van der Waals surface area contributed by atoms with E-state index in [-0.39, 0.29) is 37.0 Å². The first-order valence-corrected chi connectivity index (χ1v) is 9.14. The highest BCUT2D eigenvalue weighted by molar-refractivity contribution is 6.08. The largest absolute Gasteiger partial charge is 0.508 e. The Bertz CT molecular complexity index is 885. The summed E-state index contributed by atoms with van der Waals surface area (Å²) in [7, 11) is 0. The minimum atomic E-state index is -0.657. The van der Waals surface area contributed by atoms with Gasteiger partial charge in [-0.25, -0.2) is 4.79 Å². The third kappa shape index (κ3) is 7.36. The first-order valence-electron chi connectivity index (χ1n) is 9.14. The monoisotopic (exact) mass is 413 g/mol. The van der Waals surface area contributed by atoms with E-state index in [1.807, 2.05) is 0 Å². The Kier molecular flexibility index (Phi) is 9.71. The number of primary amides is 1. The molecule has 1 rings (SSSR count). The minimum absolute atomic E-state index is 0.0297. The summed E-state index contributed by atoms with van der Waals surface area (Å²) in [4.78, 5) is 24.7. The normalized spacial score (nSPS) is 12.0. The van der Waals surface area contributed by atoms with Crippen molar-refractivity contribution in [2.24, 2.45) is 5.73 Å². The van der Waals surface area contributed by atoms with E-state index in [4.69, 9.17) is 16.6 Å². The molecule has 7 N–H and O–H groups in total. The minimum Gasteiger partial charge on any atom is -0.508 e. The number of carbonyl (C=O) groups is 2. The number of nitrogens with two attached hydrogens (primary N) is 1. The van der Waals surface area contributed by atoms with Gasteiger partial charge in [0.05, 0.1) is 25.4 Å². The summed E-state index contributed by atoms with van der Waals surface area (Å²) in [6.45, 7) is 2.72. The summed E-state index contributed by atoms with van der Waals surface area (Å²) in [6.07, 6.45) is 6.42. The van der Waals surface area contributed by atoms with Gasteiger partial charge >= 0.3 is 6.03 Å². The van der Waals surface area contributed by atoms with Crippen LogP contribution in [-0.4, -0.2) is 58.3 Å². The zero-order valence-corrected chi connectivity index (χ0v) is 17.0. The molecule has 0 aliphatic rings. The van der Waals surface area contributed by atoms with Crippen LogP contribution in [0.3, 0.4) is 0 Å². The zero-order valence-electron chi connectivity index (χ0n) is 17.0. The number of phenols is 1. The number of aliphatic hydroxyl groups excluding tert-OH is 1. The number of hydrogen-bond acceptors (Lipinski definition) is 6. The summed E-state index contributed by atoms with van der Waals surface area (Å²) >= 11 is 0. The number of hydrogen-bond donors (Lipinski definition) is 6. The second kappa shape index (κ2) is 12.0. The number of aliphatic hydroxyl groups is 1. The highest BCUT2D eigenvalue weighted by Crippen LogP contribution is 2.12. The molecule has 0 aliphatic heterocycles. The Balaban J connectivity index is 2.91. The number of benzene rings is 1. The molecule has 0 radical (unpaired) electrons. The van der Waals surface area contributed by atoms with Crippen LogP contribution in [0.5, 0.6) is 5.75 Å². The molecular weight excluding hydrogens is 386 g/mol. The molecule has 0 saturated heterocycles. The number of amides is 3. The average Bonchev–Trinajstić information content (AvgIpc) is 2.72. The van der Waals surface area contributed by atoms with E-state index in [0.717, 1.165) is 4.90 Å². The van der Waals surface area contributed by atoms with Gasteiger partial charge in [0.15, 0.2) is 0 Å². The summed E-state index contributed by atoms with van der Waals surface area (Å²) in [6, 6.07) is 5.10. The van der Waals surface area contributed by atoms with E-state index in [1.165, 1.54) is 30.3 Å². The van der Waals surface area contributed by atoms with Crippen LogP contribution in [0.25, 0.3) is 0 Å². The summed E-state index contributed by atoms with van der Waals surface area (Å²) in [5, 5.41) is 37.6. The van der Waals surface area contributed by atoms with Gasteiger partial charge in [-0.2, -0.15) is 0 Å². The van der Waals surface area contributed by atoms with E-state index in [0.29, 0.717) is 16.7 Å². The summed E-state index contributed by atoms with van der Waals surface area (Å²) in [5.74, 6) is -0.697. The van der Waals surface area contributed by atoms with Gasteiger partial charge in [-0.05, 0) is 43.7 Å². The maximum absolute atomic E-state index is 12.6. The van der Waals surface area contributed by atoms with Crippen molar-refractivity contribution in [2.45, 2.75) is 13.8 Å². The molecule has 3 amide bonds. The lowest BCUT2D eigenvalue weighted by Gasteiger charge is -2.23. The van der Waals surface area contributed by atoms with E-state index in [9.17, 15) is 19.8 Å². The fourth-order valence-electron chi connectivity index (χ4n) is 2.28. The molecule has 160 valence electrons. The number of carbonyl (C=O) groups excluding carboxylic acids is 2. The van der Waals surface area contributed by atoms with Crippen molar-refractivity contribution in [1.29, 1.82) is 10.8 Å². The van der Waals surface area contributed by atoms with Crippen LogP contribution in [0, 0.1) is 10.8 Å². The molecule has 0 heterocycles. The maximum Gasteiger partial charge on any atom is 0.323 e. The number of nitrogens with one attached hydrogen (secondary N) is 3. The topological polar surface area (TPSA) is 164 Å². The average molecular weight is 413 g/mol. The molecule has 0 saturated carbocycles. The highest BCUT2D eigenvalue weighted by atomic mass is 16.3. The molecule has 9 heteroatoms. The van der Waals surface area contributed by atoms with Crippen LogP contribution in [-0.2, 0) is 4.79 Å². The number of aromatic hydroxyl groups is 1. The lowest BCUT2D eigenvalue weighted by atomic mass is 10.1. The van der Waals surface area contributed by atoms with Crippen LogP contribution in [0.15, 0.2) is 59.7 Å². The number of phenolic OH excluding ortho intramolecular Hbond substituents is 1. The van der Waals surface area contributed by atoms with E-state index < -0.39 is 11.9 Å². The Hall–Kier alpha value is -3.72. The Morgan fingerprint density at radius 2 is 1.83 bits per heavy atom. The van der Waals surface area contributed by atoms with Crippen LogP contribution >= 0.6 is 0 Å². The van der Waals surface area contributed by atoms with E-state index in [1.54, 1.807) is 32.1 Å². The Labute approximate surface area is 175 Å². The van der Waals surface area contributed by atoms with Gasteiger partial charge in [-0.3, -0.25) is 15.1 Å². The standard InChI is InChI=1S/C21H27N5O4/c1-3-4-15(6-5-14(2)20(24)29)18(22)13-25-21(30)26(11-12-27)19(23)16-7-9-17(28)10-8-16/h3-10,22-23,27-28H,11-13H2,1-2H3,(H2,24,29)(H,25,30)/b4-3-,14-5+,15-6+,22-18?,23-19?. The number of amidine groups is 1. The van der Waals surface area contributed by atoms with Crippen LogP contribution in [0.2, 0.25) is 0 Å². The quantitative estimate of drug-likeness (QED) is 0.157. The number of nitrogens with zero attached hydrogens (tertiary/aromatic N) is 1. The van der Waals surface area contributed by atoms with Crippen LogP contribution in [0.4, 0.5) is 4.79 Å².